The quantitative estimate of drug-likeness (QED) is 0.628. The Morgan fingerprint density at radius 2 is 1.93 bits per heavy atom. The van der Waals surface area contributed by atoms with Crippen LogP contribution in [0.15, 0.2) is 47.1 Å². The molecule has 1 saturated heterocycles. The molecule has 0 spiro atoms. The monoisotopic (exact) mass is 474 g/mol. The second kappa shape index (κ2) is 10.2. The van der Waals surface area contributed by atoms with Crippen LogP contribution in [0.3, 0.4) is 0 Å². The number of benzene rings is 1. The lowest BCUT2D eigenvalue weighted by Crippen LogP contribution is -2.52. The highest BCUT2D eigenvalue weighted by Crippen LogP contribution is 2.31. The fraction of sp³-hybridized carbons (Fsp3) is 0.478. The van der Waals surface area contributed by atoms with Crippen molar-refractivity contribution in [3.63, 3.8) is 0 Å². The van der Waals surface area contributed by atoms with E-state index in [2.05, 4.69) is 64.0 Å². The molecule has 1 aliphatic rings. The molecule has 1 aromatic heterocycles. The van der Waals surface area contributed by atoms with E-state index in [1.54, 1.807) is 6.20 Å². The van der Waals surface area contributed by atoms with Crippen molar-refractivity contribution in [3.8, 4) is 5.75 Å². The second-order valence-electron chi connectivity index (χ2n) is 8.49. The minimum Gasteiger partial charge on any atom is -0.492 e. The summed E-state index contributed by atoms with van der Waals surface area (Å²) in [7, 11) is 0. The molecule has 162 valence electrons. The van der Waals surface area contributed by atoms with Crippen LogP contribution in [0.1, 0.15) is 32.8 Å². The third kappa shape index (κ3) is 6.11. The van der Waals surface area contributed by atoms with Gasteiger partial charge in [-0.2, -0.15) is 0 Å². The maximum absolute atomic E-state index is 12.4. The van der Waals surface area contributed by atoms with Crippen LogP contribution < -0.4 is 15.0 Å². The molecule has 0 aliphatic carbocycles. The molecule has 1 aromatic carbocycles. The van der Waals surface area contributed by atoms with Crippen LogP contribution >= 0.6 is 15.9 Å². The molecule has 0 radical (unpaired) electrons. The van der Waals surface area contributed by atoms with Crippen LogP contribution in [0.5, 0.6) is 5.75 Å². The first-order valence-corrected chi connectivity index (χ1v) is 11.3. The van der Waals surface area contributed by atoms with Gasteiger partial charge < -0.3 is 19.9 Å². The number of urea groups is 1. The van der Waals surface area contributed by atoms with Gasteiger partial charge in [-0.1, -0.05) is 32.9 Å². The summed E-state index contributed by atoms with van der Waals surface area (Å²) in [5.74, 6) is 1.80. The molecule has 0 saturated carbocycles. The molecule has 30 heavy (non-hydrogen) atoms. The number of nitrogens with one attached hydrogen (secondary N) is 1. The van der Waals surface area contributed by atoms with E-state index < -0.39 is 0 Å². The minimum atomic E-state index is -0.00798. The lowest BCUT2D eigenvalue weighted by atomic mass is 9.87. The molecule has 2 heterocycles. The SMILES string of the molecule is CC(C)(C)c1ccc(OCCCNC(=O)N2CCN(c3ccccn3)CC2)c(Br)c1. The summed E-state index contributed by atoms with van der Waals surface area (Å²) in [5, 5.41) is 3.00. The predicted molar refractivity (Wildman–Crippen MR) is 124 cm³/mol. The Morgan fingerprint density at radius 3 is 2.57 bits per heavy atom. The number of anilines is 1. The summed E-state index contributed by atoms with van der Waals surface area (Å²) in [6.45, 7) is 10.7. The van der Waals surface area contributed by atoms with Gasteiger partial charge in [-0.05, 0) is 57.6 Å². The fourth-order valence-electron chi connectivity index (χ4n) is 3.33. The molecule has 2 aromatic rings. The molecule has 2 amide bonds. The van der Waals surface area contributed by atoms with Crippen LogP contribution in [-0.4, -0.2) is 55.2 Å². The van der Waals surface area contributed by atoms with Gasteiger partial charge in [0.1, 0.15) is 11.6 Å². The lowest BCUT2D eigenvalue weighted by Gasteiger charge is -2.35. The lowest BCUT2D eigenvalue weighted by molar-refractivity contribution is 0.193. The molecule has 0 atom stereocenters. The Morgan fingerprint density at radius 1 is 1.17 bits per heavy atom. The van der Waals surface area contributed by atoms with Crippen molar-refractivity contribution in [2.75, 3.05) is 44.2 Å². The van der Waals surface area contributed by atoms with Crippen LogP contribution in [0, 0.1) is 0 Å². The highest BCUT2D eigenvalue weighted by Gasteiger charge is 2.21. The number of nitrogens with zero attached hydrogens (tertiary/aromatic N) is 3. The average Bonchev–Trinajstić information content (AvgIpc) is 2.74. The average molecular weight is 475 g/mol. The van der Waals surface area contributed by atoms with Crippen LogP contribution in [0.25, 0.3) is 0 Å². The molecule has 6 nitrogen and oxygen atoms in total. The van der Waals surface area contributed by atoms with Crippen LogP contribution in [0.4, 0.5) is 10.6 Å². The van der Waals surface area contributed by atoms with Crippen molar-refractivity contribution < 1.29 is 9.53 Å². The van der Waals surface area contributed by atoms with Crippen molar-refractivity contribution in [1.82, 2.24) is 15.2 Å². The largest absolute Gasteiger partial charge is 0.492 e. The van der Waals surface area contributed by atoms with Crippen molar-refractivity contribution in [2.45, 2.75) is 32.6 Å². The third-order valence-electron chi connectivity index (χ3n) is 5.19. The van der Waals surface area contributed by atoms with Gasteiger partial charge in [-0.25, -0.2) is 9.78 Å². The Balaban J connectivity index is 1.35. The van der Waals surface area contributed by atoms with E-state index in [0.29, 0.717) is 26.2 Å². The number of hydrogen-bond donors (Lipinski definition) is 1. The number of ether oxygens (including phenoxy) is 1. The molecule has 3 rings (SSSR count). The number of rotatable bonds is 6. The van der Waals surface area contributed by atoms with Gasteiger partial charge >= 0.3 is 6.03 Å². The number of amides is 2. The van der Waals surface area contributed by atoms with Gasteiger partial charge in [0, 0.05) is 38.9 Å². The second-order valence-corrected chi connectivity index (χ2v) is 9.35. The maximum Gasteiger partial charge on any atom is 0.317 e. The van der Waals surface area contributed by atoms with E-state index >= 15 is 0 Å². The van der Waals surface area contributed by atoms with Crippen molar-refractivity contribution in [2.24, 2.45) is 0 Å². The Kier molecular flexibility index (Phi) is 7.58. The van der Waals surface area contributed by atoms with E-state index in [4.69, 9.17) is 4.74 Å². The molecule has 0 bridgehead atoms. The van der Waals surface area contributed by atoms with E-state index in [-0.39, 0.29) is 11.4 Å². The Hall–Kier alpha value is -2.28. The smallest absolute Gasteiger partial charge is 0.317 e. The number of pyridine rings is 1. The van der Waals surface area contributed by atoms with Gasteiger partial charge in [-0.15, -0.1) is 0 Å². The number of halogens is 1. The van der Waals surface area contributed by atoms with Crippen LogP contribution in [0.2, 0.25) is 0 Å². The molecule has 0 unspecified atom stereocenters. The zero-order valence-electron chi connectivity index (χ0n) is 18.0. The van der Waals surface area contributed by atoms with Gasteiger partial charge in [0.2, 0.25) is 0 Å². The number of aromatic nitrogens is 1. The molecular formula is C23H31BrN4O2. The first-order valence-electron chi connectivity index (χ1n) is 10.5. The predicted octanol–water partition coefficient (Wildman–Crippen LogP) is 4.44. The molecule has 1 N–H and O–H groups in total. The summed E-state index contributed by atoms with van der Waals surface area (Å²) in [4.78, 5) is 20.8. The first-order chi connectivity index (χ1) is 14.3. The number of carbonyl (C=O) groups excluding carboxylic acids is 1. The van der Waals surface area contributed by atoms with Crippen molar-refractivity contribution in [1.29, 1.82) is 0 Å². The van der Waals surface area contributed by atoms with E-state index in [0.717, 1.165) is 35.6 Å². The maximum atomic E-state index is 12.4. The molecule has 1 aliphatic heterocycles. The van der Waals surface area contributed by atoms with E-state index in [1.807, 2.05) is 29.2 Å². The summed E-state index contributed by atoms with van der Waals surface area (Å²) < 4.78 is 6.83. The van der Waals surface area contributed by atoms with Crippen molar-refractivity contribution in [3.05, 3.63) is 52.6 Å². The summed E-state index contributed by atoms with van der Waals surface area (Å²) >= 11 is 3.60. The zero-order valence-corrected chi connectivity index (χ0v) is 19.6. The normalized spacial score (nSPS) is 14.5. The van der Waals surface area contributed by atoms with Gasteiger partial charge in [-0.3, -0.25) is 0 Å². The molecular weight excluding hydrogens is 444 g/mol. The topological polar surface area (TPSA) is 57.7 Å². The van der Waals surface area contributed by atoms with Gasteiger partial charge in [0.15, 0.2) is 0 Å². The molecule has 1 fully saturated rings. The summed E-state index contributed by atoms with van der Waals surface area (Å²) in [6, 6.07) is 12.1. The number of hydrogen-bond acceptors (Lipinski definition) is 4. The number of piperazine rings is 1. The minimum absolute atomic E-state index is 0.00798. The standard InChI is InChI=1S/C23H31BrN4O2/c1-23(2,3)18-8-9-20(19(24)17-18)30-16-6-11-26-22(29)28-14-12-27(13-15-28)21-7-4-5-10-25-21/h4-5,7-10,17H,6,11-16H2,1-3H3,(H,26,29). The van der Waals surface area contributed by atoms with Crippen LogP contribution in [-0.2, 0) is 5.41 Å². The first kappa shape index (κ1) is 22.4. The zero-order chi connectivity index (χ0) is 21.6. The van der Waals surface area contributed by atoms with E-state index in [9.17, 15) is 4.79 Å². The summed E-state index contributed by atoms with van der Waals surface area (Å²) in [6.07, 6.45) is 2.56. The molecule has 7 heteroatoms. The summed E-state index contributed by atoms with van der Waals surface area (Å²) in [5.41, 5.74) is 1.37. The Bertz CT molecular complexity index is 831. The number of carbonyl (C=O) groups is 1. The Labute approximate surface area is 187 Å². The third-order valence-corrected chi connectivity index (χ3v) is 5.81. The highest BCUT2D eigenvalue weighted by atomic mass is 79.9. The van der Waals surface area contributed by atoms with Gasteiger partial charge in [0.25, 0.3) is 0 Å². The van der Waals surface area contributed by atoms with E-state index in [1.165, 1.54) is 5.56 Å². The highest BCUT2D eigenvalue weighted by molar-refractivity contribution is 9.10. The van der Waals surface area contributed by atoms with Gasteiger partial charge in [0.05, 0.1) is 11.1 Å². The van der Waals surface area contributed by atoms with Crippen molar-refractivity contribution >= 4 is 27.8 Å². The fourth-order valence-corrected chi connectivity index (χ4v) is 3.82.